The molecule has 8 atom stereocenters. The molecule has 3 saturated carbocycles. The summed E-state index contributed by atoms with van der Waals surface area (Å²) in [7, 11) is 0. The second-order valence-electron chi connectivity index (χ2n) is 12.2. The van der Waals surface area contributed by atoms with Gasteiger partial charge >= 0.3 is 6.18 Å². The van der Waals surface area contributed by atoms with Crippen molar-refractivity contribution < 1.29 is 23.4 Å². The summed E-state index contributed by atoms with van der Waals surface area (Å²) in [6.07, 6.45) is 3.69. The maximum Gasteiger partial charge on any atom is 0.417 e. The molecule has 0 radical (unpaired) electrons. The van der Waals surface area contributed by atoms with Gasteiger partial charge in [0, 0.05) is 5.92 Å². The largest absolute Gasteiger partial charge is 0.417 e. The number of fused-ring (bicyclic) bond motifs is 5. The Hall–Kier alpha value is -1.33. The van der Waals surface area contributed by atoms with Crippen LogP contribution in [0, 0.1) is 34.5 Å². The molecule has 4 aliphatic rings. The molecule has 3 fully saturated rings. The highest BCUT2D eigenvalue weighted by atomic mass is 19.4. The number of aryl methyl sites for hydroxylation is 1. The van der Waals surface area contributed by atoms with E-state index in [1.807, 2.05) is 30.3 Å². The number of benzene rings is 1. The van der Waals surface area contributed by atoms with Crippen LogP contribution in [0.3, 0.4) is 0 Å². The summed E-state index contributed by atoms with van der Waals surface area (Å²) in [6.45, 7) is 4.39. The van der Waals surface area contributed by atoms with E-state index in [4.69, 9.17) is 0 Å². The molecule has 5 rings (SSSR count). The molecule has 0 spiro atoms. The van der Waals surface area contributed by atoms with E-state index in [-0.39, 0.29) is 30.3 Å². The van der Waals surface area contributed by atoms with Gasteiger partial charge in [0.25, 0.3) is 0 Å². The SMILES string of the molecule is C[C@]12CC[C@H]3[C@@H](CC=C4C[C@@H](O)CC[C@@]43C)[C@@H]1CC[C@@H]2[C@](O)(CCc1ccccc1)C(F)(F)F. The lowest BCUT2D eigenvalue weighted by Crippen LogP contribution is -2.58. The summed E-state index contributed by atoms with van der Waals surface area (Å²) in [6, 6.07) is 9.22. The molecule has 0 unspecified atom stereocenters. The summed E-state index contributed by atoms with van der Waals surface area (Å²) in [5, 5.41) is 21.6. The second-order valence-corrected chi connectivity index (χ2v) is 12.2. The third-order valence-corrected chi connectivity index (χ3v) is 10.8. The predicted molar refractivity (Wildman–Crippen MR) is 127 cm³/mol. The van der Waals surface area contributed by atoms with Crippen molar-refractivity contribution in [2.75, 3.05) is 0 Å². The van der Waals surface area contributed by atoms with Gasteiger partial charge in [-0.25, -0.2) is 0 Å². The van der Waals surface area contributed by atoms with Crippen LogP contribution in [-0.4, -0.2) is 28.1 Å². The van der Waals surface area contributed by atoms with Crippen LogP contribution in [0.25, 0.3) is 0 Å². The van der Waals surface area contributed by atoms with E-state index >= 15 is 0 Å². The average Bonchev–Trinajstić information content (AvgIpc) is 3.15. The maximum atomic E-state index is 14.6. The first-order chi connectivity index (χ1) is 16.0. The van der Waals surface area contributed by atoms with Crippen LogP contribution in [0.5, 0.6) is 0 Å². The Morgan fingerprint density at radius 3 is 2.41 bits per heavy atom. The zero-order valence-corrected chi connectivity index (χ0v) is 20.5. The molecule has 0 amide bonds. The first-order valence-electron chi connectivity index (χ1n) is 13.2. The van der Waals surface area contributed by atoms with Crippen LogP contribution in [0.4, 0.5) is 13.2 Å². The van der Waals surface area contributed by atoms with Gasteiger partial charge in [-0.05, 0) is 98.4 Å². The molecule has 188 valence electrons. The maximum absolute atomic E-state index is 14.6. The highest BCUT2D eigenvalue weighted by molar-refractivity contribution is 5.26. The summed E-state index contributed by atoms with van der Waals surface area (Å²) in [5.74, 6) is 0.295. The molecule has 4 aliphatic carbocycles. The zero-order valence-electron chi connectivity index (χ0n) is 20.5. The molecule has 1 aromatic rings. The van der Waals surface area contributed by atoms with Gasteiger partial charge in [0.2, 0.25) is 0 Å². The van der Waals surface area contributed by atoms with Gasteiger partial charge in [-0.3, -0.25) is 0 Å². The molecule has 0 heterocycles. The molecule has 0 aromatic heterocycles. The van der Waals surface area contributed by atoms with Gasteiger partial charge in [0.15, 0.2) is 5.60 Å². The number of aliphatic hydroxyl groups is 2. The van der Waals surface area contributed by atoms with Crippen LogP contribution in [-0.2, 0) is 6.42 Å². The van der Waals surface area contributed by atoms with Gasteiger partial charge in [0.1, 0.15) is 0 Å². The van der Waals surface area contributed by atoms with Gasteiger partial charge in [-0.1, -0.05) is 55.8 Å². The zero-order chi connectivity index (χ0) is 24.4. The van der Waals surface area contributed by atoms with Gasteiger partial charge in [-0.15, -0.1) is 0 Å². The molecule has 0 saturated heterocycles. The normalized spacial score (nSPS) is 41.6. The molecule has 0 bridgehead atoms. The van der Waals surface area contributed by atoms with Gasteiger partial charge < -0.3 is 10.2 Å². The first kappa shape index (κ1) is 24.4. The van der Waals surface area contributed by atoms with Crippen LogP contribution >= 0.6 is 0 Å². The lowest BCUT2D eigenvalue weighted by atomic mass is 9.46. The van der Waals surface area contributed by atoms with E-state index in [9.17, 15) is 23.4 Å². The fourth-order valence-electron chi connectivity index (χ4n) is 8.92. The number of rotatable bonds is 4. The molecule has 2 N–H and O–H groups in total. The lowest BCUT2D eigenvalue weighted by molar-refractivity contribution is -0.295. The average molecular weight is 477 g/mol. The molecule has 5 heteroatoms. The van der Waals surface area contributed by atoms with E-state index < -0.39 is 23.1 Å². The Labute approximate surface area is 201 Å². The lowest BCUT2D eigenvalue weighted by Gasteiger charge is -2.59. The Kier molecular flexibility index (Phi) is 6.00. The highest BCUT2D eigenvalue weighted by Gasteiger charge is 2.68. The summed E-state index contributed by atoms with van der Waals surface area (Å²) in [4.78, 5) is 0. The number of hydrogen-bond donors (Lipinski definition) is 2. The van der Waals surface area contributed by atoms with Gasteiger partial charge in [0.05, 0.1) is 6.10 Å². The van der Waals surface area contributed by atoms with Gasteiger partial charge in [-0.2, -0.15) is 13.2 Å². The molecule has 0 aliphatic heterocycles. The minimum absolute atomic E-state index is 0.0647. The topological polar surface area (TPSA) is 40.5 Å². The Morgan fingerprint density at radius 2 is 1.71 bits per heavy atom. The van der Waals surface area contributed by atoms with Crippen LogP contribution in [0.15, 0.2) is 42.0 Å². The second kappa shape index (κ2) is 8.37. The Morgan fingerprint density at radius 1 is 0.971 bits per heavy atom. The van der Waals surface area contributed by atoms with Crippen LogP contribution in [0.1, 0.15) is 77.2 Å². The minimum atomic E-state index is -4.65. The van der Waals surface area contributed by atoms with Crippen LogP contribution in [0.2, 0.25) is 0 Å². The van der Waals surface area contributed by atoms with Crippen molar-refractivity contribution in [2.45, 2.75) is 95.9 Å². The van der Waals surface area contributed by atoms with E-state index in [0.29, 0.717) is 18.3 Å². The van der Waals surface area contributed by atoms with E-state index in [1.54, 1.807) is 0 Å². The van der Waals surface area contributed by atoms with Crippen molar-refractivity contribution in [3.63, 3.8) is 0 Å². The summed E-state index contributed by atoms with van der Waals surface area (Å²) in [5.41, 5.74) is -0.882. The number of halogens is 3. The van der Waals surface area contributed by atoms with Crippen molar-refractivity contribution in [2.24, 2.45) is 34.5 Å². The highest BCUT2D eigenvalue weighted by Crippen LogP contribution is 2.68. The molecule has 34 heavy (non-hydrogen) atoms. The molecular formula is C29H39F3O2. The van der Waals surface area contributed by atoms with E-state index in [0.717, 1.165) is 50.5 Å². The Bertz CT molecular complexity index is 927. The number of hydrogen-bond acceptors (Lipinski definition) is 2. The fraction of sp³-hybridized carbons (Fsp3) is 0.724. The minimum Gasteiger partial charge on any atom is -0.393 e. The standard InChI is InChI=1S/C29H39F3O2/c1-26-15-13-21(33)18-20(26)8-9-22-23-10-11-25(27(23,2)16-14-24(22)26)28(34,29(30,31)32)17-12-19-6-4-3-5-7-19/h3-8,21-25,33-34H,9-18H2,1-2H3/t21-,22-,23-,24-,25-,26-,27-,28+/m0/s1. The third kappa shape index (κ3) is 3.68. The first-order valence-corrected chi connectivity index (χ1v) is 13.2. The quantitative estimate of drug-likeness (QED) is 0.467. The molecule has 1 aromatic carbocycles. The van der Waals surface area contributed by atoms with Crippen LogP contribution < -0.4 is 0 Å². The van der Waals surface area contributed by atoms with Crippen molar-refractivity contribution >= 4 is 0 Å². The number of allylic oxidation sites excluding steroid dienone is 1. The monoisotopic (exact) mass is 476 g/mol. The molecule has 2 nitrogen and oxygen atoms in total. The smallest absolute Gasteiger partial charge is 0.393 e. The van der Waals surface area contributed by atoms with Crippen molar-refractivity contribution in [3.05, 3.63) is 47.5 Å². The van der Waals surface area contributed by atoms with E-state index in [2.05, 4.69) is 19.9 Å². The number of alkyl halides is 3. The molecular weight excluding hydrogens is 437 g/mol. The van der Waals surface area contributed by atoms with E-state index in [1.165, 1.54) is 5.57 Å². The van der Waals surface area contributed by atoms with Crippen molar-refractivity contribution in [3.8, 4) is 0 Å². The number of aliphatic hydroxyl groups excluding tert-OH is 1. The predicted octanol–water partition coefficient (Wildman–Crippen LogP) is 6.85. The Balaban J connectivity index is 1.42. The fourth-order valence-corrected chi connectivity index (χ4v) is 8.92. The third-order valence-electron chi connectivity index (χ3n) is 10.8. The summed E-state index contributed by atoms with van der Waals surface area (Å²) >= 11 is 0. The van der Waals surface area contributed by atoms with Crippen molar-refractivity contribution in [1.82, 2.24) is 0 Å². The van der Waals surface area contributed by atoms with Crippen molar-refractivity contribution in [1.29, 1.82) is 0 Å². The summed E-state index contributed by atoms with van der Waals surface area (Å²) < 4.78 is 43.7.